The minimum atomic E-state index is -0.275. The molecule has 1 atom stereocenters. The van der Waals surface area contributed by atoms with Crippen LogP contribution in [0, 0.1) is 17.1 Å². The summed E-state index contributed by atoms with van der Waals surface area (Å²) < 4.78 is 14.7. The molecule has 1 heterocycles. The molecule has 0 amide bonds. The Morgan fingerprint density at radius 2 is 2.21 bits per heavy atom. The number of benzene rings is 1. The second-order valence-corrected chi connectivity index (χ2v) is 3.23. The average molecular weight is 188 g/mol. The van der Waals surface area contributed by atoms with Crippen molar-refractivity contribution in [2.45, 2.75) is 13.0 Å². The Morgan fingerprint density at radius 1 is 1.43 bits per heavy atom. The zero-order valence-electron chi connectivity index (χ0n) is 7.74. The molecule has 1 aromatic carbocycles. The minimum Gasteiger partial charge on any atom is -0.331 e. The van der Waals surface area contributed by atoms with Crippen molar-refractivity contribution in [3.05, 3.63) is 36.3 Å². The van der Waals surface area contributed by atoms with Gasteiger partial charge in [0, 0.05) is 6.20 Å². The number of halogens is 1. The molecule has 0 N–H and O–H groups in total. The van der Waals surface area contributed by atoms with Gasteiger partial charge in [0.05, 0.1) is 11.6 Å². The molecule has 0 aliphatic carbocycles. The molecule has 0 bridgehead atoms. The number of aromatic nitrogens is 1. The minimum absolute atomic E-state index is 0.269. The largest absolute Gasteiger partial charge is 0.331 e. The molecular formula is C11H9FN2. The van der Waals surface area contributed by atoms with Gasteiger partial charge in [-0.2, -0.15) is 5.26 Å². The maximum atomic E-state index is 13.0. The molecule has 0 spiro atoms. The van der Waals surface area contributed by atoms with E-state index in [1.54, 1.807) is 23.8 Å². The molecule has 3 heteroatoms. The van der Waals surface area contributed by atoms with Gasteiger partial charge < -0.3 is 4.57 Å². The highest BCUT2D eigenvalue weighted by molar-refractivity contribution is 5.80. The van der Waals surface area contributed by atoms with E-state index in [0.29, 0.717) is 0 Å². The summed E-state index contributed by atoms with van der Waals surface area (Å²) in [6.45, 7) is 1.78. The molecule has 1 unspecified atom stereocenters. The van der Waals surface area contributed by atoms with Gasteiger partial charge in [-0.25, -0.2) is 4.39 Å². The van der Waals surface area contributed by atoms with Gasteiger partial charge >= 0.3 is 0 Å². The Kier molecular flexibility index (Phi) is 1.97. The van der Waals surface area contributed by atoms with E-state index >= 15 is 0 Å². The molecule has 14 heavy (non-hydrogen) atoms. The summed E-state index contributed by atoms with van der Waals surface area (Å²) >= 11 is 0. The zero-order chi connectivity index (χ0) is 10.1. The summed E-state index contributed by atoms with van der Waals surface area (Å²) in [5.74, 6) is -0.275. The summed E-state index contributed by atoms with van der Waals surface area (Å²) in [7, 11) is 0. The maximum Gasteiger partial charge on any atom is 0.125 e. The molecular weight excluding hydrogens is 179 g/mol. The Hall–Kier alpha value is -1.82. The molecule has 0 aliphatic heterocycles. The fourth-order valence-corrected chi connectivity index (χ4v) is 1.52. The topological polar surface area (TPSA) is 28.7 Å². The van der Waals surface area contributed by atoms with Crippen LogP contribution in [0.1, 0.15) is 13.0 Å². The third kappa shape index (κ3) is 1.25. The van der Waals surface area contributed by atoms with Crippen molar-refractivity contribution < 1.29 is 4.39 Å². The first-order chi connectivity index (χ1) is 6.72. The van der Waals surface area contributed by atoms with Crippen LogP contribution < -0.4 is 0 Å². The molecule has 0 aliphatic rings. The molecule has 1 aromatic heterocycles. The lowest BCUT2D eigenvalue weighted by Crippen LogP contribution is -2.00. The van der Waals surface area contributed by atoms with Gasteiger partial charge in [-0.3, -0.25) is 0 Å². The summed E-state index contributed by atoms with van der Waals surface area (Å²) in [6.07, 6.45) is 1.80. The van der Waals surface area contributed by atoms with Crippen molar-refractivity contribution in [3.63, 3.8) is 0 Å². The average Bonchev–Trinajstić information content (AvgIpc) is 2.59. The van der Waals surface area contributed by atoms with Crippen LogP contribution in [0.25, 0.3) is 10.9 Å². The van der Waals surface area contributed by atoms with Crippen LogP contribution in [-0.4, -0.2) is 4.57 Å². The smallest absolute Gasteiger partial charge is 0.125 e. The van der Waals surface area contributed by atoms with Gasteiger partial charge in [-0.15, -0.1) is 0 Å². The lowest BCUT2D eigenvalue weighted by Gasteiger charge is -2.06. The van der Waals surface area contributed by atoms with Crippen molar-refractivity contribution >= 4 is 10.9 Å². The molecule has 2 nitrogen and oxygen atoms in total. The number of rotatable bonds is 1. The standard InChI is InChI=1S/C11H9FN2/c1-8(7-13)14-5-4-9-2-3-10(12)6-11(9)14/h2-6,8H,1H3. The Bertz CT molecular complexity index is 507. The van der Waals surface area contributed by atoms with Crippen LogP contribution in [0.4, 0.5) is 4.39 Å². The van der Waals surface area contributed by atoms with E-state index in [2.05, 4.69) is 6.07 Å². The van der Waals surface area contributed by atoms with E-state index in [-0.39, 0.29) is 11.9 Å². The van der Waals surface area contributed by atoms with Gasteiger partial charge in [-0.05, 0) is 36.6 Å². The van der Waals surface area contributed by atoms with E-state index in [4.69, 9.17) is 5.26 Å². The third-order valence-corrected chi connectivity index (χ3v) is 2.29. The first kappa shape index (κ1) is 8.76. The lowest BCUT2D eigenvalue weighted by atomic mass is 10.2. The van der Waals surface area contributed by atoms with E-state index in [1.807, 2.05) is 6.07 Å². The predicted octanol–water partition coefficient (Wildman–Crippen LogP) is 2.86. The first-order valence-corrected chi connectivity index (χ1v) is 4.38. The number of hydrogen-bond donors (Lipinski definition) is 0. The quantitative estimate of drug-likeness (QED) is 0.676. The van der Waals surface area contributed by atoms with Gasteiger partial charge in [0.2, 0.25) is 0 Å². The second-order valence-electron chi connectivity index (χ2n) is 3.23. The molecule has 0 saturated carbocycles. The lowest BCUT2D eigenvalue weighted by molar-refractivity contribution is 0.626. The highest BCUT2D eigenvalue weighted by Gasteiger charge is 2.07. The number of nitrogens with zero attached hydrogens (tertiary/aromatic N) is 2. The number of nitriles is 1. The highest BCUT2D eigenvalue weighted by atomic mass is 19.1. The predicted molar refractivity (Wildman–Crippen MR) is 52.2 cm³/mol. The van der Waals surface area contributed by atoms with E-state index in [9.17, 15) is 4.39 Å². The Labute approximate surface area is 81.2 Å². The molecule has 2 rings (SSSR count). The van der Waals surface area contributed by atoms with Crippen LogP contribution in [-0.2, 0) is 0 Å². The van der Waals surface area contributed by atoms with Crippen molar-refractivity contribution in [3.8, 4) is 6.07 Å². The van der Waals surface area contributed by atoms with E-state index in [0.717, 1.165) is 10.9 Å². The molecule has 2 aromatic rings. The zero-order valence-corrected chi connectivity index (χ0v) is 7.74. The molecule has 0 fully saturated rings. The molecule has 0 radical (unpaired) electrons. The summed E-state index contributed by atoms with van der Waals surface area (Å²) in [4.78, 5) is 0. The van der Waals surface area contributed by atoms with Gasteiger partial charge in [0.1, 0.15) is 11.9 Å². The Morgan fingerprint density at radius 3 is 2.93 bits per heavy atom. The third-order valence-electron chi connectivity index (χ3n) is 2.29. The van der Waals surface area contributed by atoms with Crippen LogP contribution in [0.3, 0.4) is 0 Å². The molecule has 0 saturated heterocycles. The second kappa shape index (κ2) is 3.15. The van der Waals surface area contributed by atoms with E-state index in [1.165, 1.54) is 12.1 Å². The maximum absolute atomic E-state index is 13.0. The highest BCUT2D eigenvalue weighted by Crippen LogP contribution is 2.20. The van der Waals surface area contributed by atoms with Crippen LogP contribution in [0.5, 0.6) is 0 Å². The summed E-state index contributed by atoms with van der Waals surface area (Å²) in [5, 5.41) is 9.72. The van der Waals surface area contributed by atoms with Crippen molar-refractivity contribution in [2.24, 2.45) is 0 Å². The monoisotopic (exact) mass is 188 g/mol. The number of hydrogen-bond acceptors (Lipinski definition) is 1. The van der Waals surface area contributed by atoms with Crippen LogP contribution >= 0.6 is 0 Å². The number of fused-ring (bicyclic) bond motifs is 1. The van der Waals surface area contributed by atoms with Crippen molar-refractivity contribution in [1.82, 2.24) is 4.57 Å². The summed E-state index contributed by atoms with van der Waals surface area (Å²) in [6, 6.07) is 8.31. The van der Waals surface area contributed by atoms with Gasteiger partial charge in [0.15, 0.2) is 0 Å². The van der Waals surface area contributed by atoms with Crippen LogP contribution in [0.2, 0.25) is 0 Å². The van der Waals surface area contributed by atoms with Crippen molar-refractivity contribution in [1.29, 1.82) is 5.26 Å². The fourth-order valence-electron chi connectivity index (χ4n) is 1.52. The van der Waals surface area contributed by atoms with Gasteiger partial charge in [-0.1, -0.05) is 0 Å². The van der Waals surface area contributed by atoms with E-state index < -0.39 is 0 Å². The van der Waals surface area contributed by atoms with Gasteiger partial charge in [0.25, 0.3) is 0 Å². The summed E-state index contributed by atoms with van der Waals surface area (Å²) in [5.41, 5.74) is 0.763. The Balaban J connectivity index is 2.68. The SMILES string of the molecule is CC(C#N)n1ccc2ccc(F)cc21. The van der Waals surface area contributed by atoms with Crippen LogP contribution in [0.15, 0.2) is 30.5 Å². The normalized spacial score (nSPS) is 12.6. The molecule has 70 valence electrons. The fraction of sp³-hybridized carbons (Fsp3) is 0.182. The first-order valence-electron chi connectivity index (χ1n) is 4.38. The van der Waals surface area contributed by atoms with Crippen molar-refractivity contribution in [2.75, 3.05) is 0 Å².